The lowest BCUT2D eigenvalue weighted by molar-refractivity contribution is -0.115. The van der Waals surface area contributed by atoms with Crippen molar-refractivity contribution in [2.24, 2.45) is 4.99 Å². The largest absolute Gasteiger partial charge is 0.497 e. The molecule has 6 nitrogen and oxygen atoms in total. The van der Waals surface area contributed by atoms with Crippen molar-refractivity contribution in [2.75, 3.05) is 12.9 Å². The Morgan fingerprint density at radius 3 is 2.59 bits per heavy atom. The van der Waals surface area contributed by atoms with E-state index in [9.17, 15) is 13.2 Å². The van der Waals surface area contributed by atoms with E-state index in [0.29, 0.717) is 10.6 Å². The molecule has 0 saturated heterocycles. The summed E-state index contributed by atoms with van der Waals surface area (Å²) >= 11 is 1.32. The topological polar surface area (TPSA) is 77.7 Å². The van der Waals surface area contributed by atoms with Crippen molar-refractivity contribution < 1.29 is 17.9 Å². The Kier molecular flexibility index (Phi) is 6.20. The Balaban J connectivity index is 1.96. The summed E-state index contributed by atoms with van der Waals surface area (Å²) in [6, 6.07) is 11.9. The SMILES string of the molecule is C#CCn1c(=NC(=O)CS(=O)(=O)c2ccc(OC)cc2)sc2cc(CC)ccc21. The van der Waals surface area contributed by atoms with Crippen molar-refractivity contribution >= 4 is 37.3 Å². The van der Waals surface area contributed by atoms with Crippen LogP contribution in [0.1, 0.15) is 12.5 Å². The van der Waals surface area contributed by atoms with Gasteiger partial charge in [-0.3, -0.25) is 4.79 Å². The number of amides is 1. The smallest absolute Gasteiger partial charge is 0.263 e. The number of benzene rings is 2. The van der Waals surface area contributed by atoms with Gasteiger partial charge in [-0.25, -0.2) is 8.42 Å². The second kappa shape index (κ2) is 8.64. The number of terminal acetylenes is 1. The molecular weight excluding hydrogens is 408 g/mol. The first-order valence-corrected chi connectivity index (χ1v) is 11.3. The number of ether oxygens (including phenoxy) is 1. The van der Waals surface area contributed by atoms with Crippen molar-refractivity contribution in [1.82, 2.24) is 4.57 Å². The third-order valence-electron chi connectivity index (χ3n) is 4.36. The minimum atomic E-state index is -3.81. The number of thiazole rings is 1. The summed E-state index contributed by atoms with van der Waals surface area (Å²) < 4.78 is 32.8. The Labute approximate surface area is 173 Å². The van der Waals surface area contributed by atoms with Gasteiger partial charge in [0.2, 0.25) is 0 Å². The standard InChI is InChI=1S/C21H20N2O4S2/c1-4-12-23-18-11-6-15(5-2)13-19(18)28-21(23)22-20(24)14-29(25,26)17-9-7-16(27-3)8-10-17/h1,6-11,13H,5,12,14H2,2-3H3. The average Bonchev–Trinajstić information content (AvgIpc) is 3.03. The van der Waals surface area contributed by atoms with Crippen LogP contribution in [0, 0.1) is 12.3 Å². The van der Waals surface area contributed by atoms with Crippen LogP contribution in [-0.2, 0) is 27.6 Å². The molecule has 1 amide bonds. The molecule has 0 atom stereocenters. The number of aryl methyl sites for hydroxylation is 1. The predicted molar refractivity (Wildman–Crippen MR) is 114 cm³/mol. The van der Waals surface area contributed by atoms with E-state index in [1.54, 1.807) is 4.57 Å². The maximum Gasteiger partial charge on any atom is 0.263 e. The minimum Gasteiger partial charge on any atom is -0.497 e. The Bertz CT molecular complexity index is 1260. The normalized spacial score (nSPS) is 12.1. The quantitative estimate of drug-likeness (QED) is 0.566. The Morgan fingerprint density at radius 1 is 1.24 bits per heavy atom. The van der Waals surface area contributed by atoms with Crippen molar-refractivity contribution in [1.29, 1.82) is 0 Å². The van der Waals surface area contributed by atoms with Gasteiger partial charge in [0.25, 0.3) is 5.91 Å². The summed E-state index contributed by atoms with van der Waals surface area (Å²) in [4.78, 5) is 16.9. The molecule has 0 spiro atoms. The van der Waals surface area contributed by atoms with Crippen LogP contribution in [0.15, 0.2) is 52.4 Å². The van der Waals surface area contributed by atoms with Gasteiger partial charge in [-0.2, -0.15) is 4.99 Å². The highest BCUT2D eigenvalue weighted by atomic mass is 32.2. The number of aromatic nitrogens is 1. The fourth-order valence-corrected chi connectivity index (χ4v) is 5.05. The fraction of sp³-hybridized carbons (Fsp3) is 0.238. The van der Waals surface area contributed by atoms with Gasteiger partial charge in [-0.05, 0) is 48.4 Å². The van der Waals surface area contributed by atoms with Crippen molar-refractivity contribution in [3.05, 3.63) is 52.8 Å². The molecule has 0 radical (unpaired) electrons. The lowest BCUT2D eigenvalue weighted by Gasteiger charge is -2.04. The van der Waals surface area contributed by atoms with Gasteiger partial charge in [0.15, 0.2) is 14.6 Å². The average molecular weight is 429 g/mol. The van der Waals surface area contributed by atoms with Crippen LogP contribution < -0.4 is 9.54 Å². The van der Waals surface area contributed by atoms with Crippen molar-refractivity contribution in [3.63, 3.8) is 0 Å². The zero-order valence-corrected chi connectivity index (χ0v) is 17.7. The predicted octanol–water partition coefficient (Wildman–Crippen LogP) is 2.81. The van der Waals surface area contributed by atoms with E-state index in [0.717, 1.165) is 22.2 Å². The van der Waals surface area contributed by atoms with Gasteiger partial charge >= 0.3 is 0 Å². The Hall–Kier alpha value is -2.89. The molecule has 3 rings (SSSR count). The summed E-state index contributed by atoms with van der Waals surface area (Å²) in [5.41, 5.74) is 2.03. The molecule has 3 aromatic rings. The zero-order valence-electron chi connectivity index (χ0n) is 16.1. The molecule has 8 heteroatoms. The number of sulfone groups is 1. The number of nitrogens with zero attached hydrogens (tertiary/aromatic N) is 2. The van der Waals surface area contributed by atoms with E-state index in [-0.39, 0.29) is 11.4 Å². The van der Waals surface area contributed by atoms with E-state index in [1.807, 2.05) is 18.2 Å². The monoisotopic (exact) mass is 428 g/mol. The van der Waals surface area contributed by atoms with Crippen LogP contribution in [0.25, 0.3) is 10.2 Å². The summed E-state index contributed by atoms with van der Waals surface area (Å²) in [6.45, 7) is 2.30. The van der Waals surface area contributed by atoms with Gasteiger partial charge in [0, 0.05) is 0 Å². The van der Waals surface area contributed by atoms with Crippen LogP contribution in [0.2, 0.25) is 0 Å². The highest BCUT2D eigenvalue weighted by Crippen LogP contribution is 2.20. The molecule has 150 valence electrons. The van der Waals surface area contributed by atoms with E-state index in [1.165, 1.54) is 42.7 Å². The van der Waals surface area contributed by atoms with Gasteiger partial charge in [-0.1, -0.05) is 30.2 Å². The van der Waals surface area contributed by atoms with Crippen LogP contribution in [0.5, 0.6) is 5.75 Å². The van der Waals surface area contributed by atoms with Crippen LogP contribution in [0.3, 0.4) is 0 Å². The Morgan fingerprint density at radius 2 is 1.97 bits per heavy atom. The molecular formula is C21H20N2O4S2. The number of rotatable bonds is 6. The number of hydrogen-bond acceptors (Lipinski definition) is 5. The fourth-order valence-electron chi connectivity index (χ4n) is 2.83. The maximum atomic E-state index is 12.5. The van der Waals surface area contributed by atoms with Crippen LogP contribution in [-0.4, -0.2) is 31.8 Å². The second-order valence-corrected chi connectivity index (χ2v) is 9.27. The molecule has 29 heavy (non-hydrogen) atoms. The molecule has 0 saturated carbocycles. The zero-order chi connectivity index (χ0) is 21.0. The van der Waals surface area contributed by atoms with E-state index in [2.05, 4.69) is 17.8 Å². The number of methoxy groups -OCH3 is 1. The van der Waals surface area contributed by atoms with Crippen LogP contribution >= 0.6 is 11.3 Å². The highest BCUT2D eigenvalue weighted by Gasteiger charge is 2.19. The van der Waals surface area contributed by atoms with Gasteiger partial charge in [-0.15, -0.1) is 6.42 Å². The van der Waals surface area contributed by atoms with E-state index < -0.39 is 21.5 Å². The number of carbonyl (C=O) groups is 1. The molecule has 0 aliphatic carbocycles. The third-order valence-corrected chi connectivity index (χ3v) is 7.02. The molecule has 0 N–H and O–H groups in total. The van der Waals surface area contributed by atoms with Gasteiger partial charge in [0.05, 0.1) is 28.8 Å². The molecule has 0 bridgehead atoms. The van der Waals surface area contributed by atoms with Gasteiger partial charge < -0.3 is 9.30 Å². The first kappa shape index (κ1) is 20.8. The number of carbonyl (C=O) groups excluding carboxylic acids is 1. The highest BCUT2D eigenvalue weighted by molar-refractivity contribution is 7.92. The second-order valence-electron chi connectivity index (χ2n) is 6.27. The van der Waals surface area contributed by atoms with Crippen molar-refractivity contribution in [3.8, 4) is 18.1 Å². The van der Waals surface area contributed by atoms with Crippen LogP contribution in [0.4, 0.5) is 0 Å². The first-order valence-electron chi connectivity index (χ1n) is 8.88. The lowest BCUT2D eigenvalue weighted by atomic mass is 10.2. The number of hydrogen-bond donors (Lipinski definition) is 0. The van der Waals surface area contributed by atoms with Gasteiger partial charge in [0.1, 0.15) is 11.5 Å². The molecule has 0 unspecified atom stereocenters. The number of fused-ring (bicyclic) bond motifs is 1. The molecule has 0 fully saturated rings. The summed E-state index contributed by atoms with van der Waals surface area (Å²) in [7, 11) is -2.32. The minimum absolute atomic E-state index is 0.0438. The van der Waals surface area contributed by atoms with E-state index >= 15 is 0 Å². The summed E-state index contributed by atoms with van der Waals surface area (Å²) in [5, 5.41) is 0. The summed E-state index contributed by atoms with van der Waals surface area (Å²) in [6.07, 6.45) is 6.35. The molecule has 0 aliphatic rings. The third kappa shape index (κ3) is 4.58. The summed E-state index contributed by atoms with van der Waals surface area (Å²) in [5.74, 6) is 1.63. The molecule has 0 aliphatic heterocycles. The molecule has 2 aromatic carbocycles. The van der Waals surface area contributed by atoms with E-state index in [4.69, 9.17) is 11.2 Å². The molecule has 1 aromatic heterocycles. The first-order chi connectivity index (χ1) is 13.9. The molecule has 1 heterocycles. The van der Waals surface area contributed by atoms with Crippen molar-refractivity contribution in [2.45, 2.75) is 24.8 Å². The maximum absolute atomic E-state index is 12.5. The lowest BCUT2D eigenvalue weighted by Crippen LogP contribution is -2.20.